The standard InChI is InChI=1S/C23H21NO3/c1-3-13-8-6-7-12(2)21(13)24-22(26)19-16-11-17(25)18(20(19)23(24)27)15-10-5-4-9-14(15)16/h4-10,16,18-20H,3,11H2,1-2H3/t16-,18-,19+,20+/m1/s1. The van der Waals surface area contributed by atoms with Crippen LogP contribution in [0.4, 0.5) is 5.69 Å². The Labute approximate surface area is 158 Å². The van der Waals surface area contributed by atoms with Crippen molar-refractivity contribution in [1.29, 1.82) is 0 Å². The summed E-state index contributed by atoms with van der Waals surface area (Å²) in [6.45, 7) is 3.96. The predicted molar refractivity (Wildman–Crippen MR) is 102 cm³/mol. The molecule has 1 heterocycles. The number of hydrogen-bond donors (Lipinski definition) is 0. The number of hydrogen-bond acceptors (Lipinski definition) is 3. The fourth-order valence-corrected chi connectivity index (χ4v) is 5.50. The van der Waals surface area contributed by atoms with E-state index in [1.165, 1.54) is 4.90 Å². The second-order valence-electron chi connectivity index (χ2n) is 7.88. The summed E-state index contributed by atoms with van der Waals surface area (Å²) in [5.74, 6) is -1.87. The third-order valence-electron chi connectivity index (χ3n) is 6.61. The molecule has 0 unspecified atom stereocenters. The van der Waals surface area contributed by atoms with Crippen LogP contribution in [0.5, 0.6) is 0 Å². The highest BCUT2D eigenvalue weighted by atomic mass is 16.2. The van der Waals surface area contributed by atoms with Crippen LogP contribution in [0.25, 0.3) is 0 Å². The average Bonchev–Trinajstić information content (AvgIpc) is 2.93. The van der Waals surface area contributed by atoms with Gasteiger partial charge in [-0.2, -0.15) is 0 Å². The largest absolute Gasteiger partial charge is 0.299 e. The number of amides is 2. The molecule has 0 N–H and O–H groups in total. The van der Waals surface area contributed by atoms with Crippen molar-refractivity contribution in [3.05, 3.63) is 64.7 Å². The number of fused-ring (bicyclic) bond motifs is 1. The molecule has 4 atom stereocenters. The first-order valence-corrected chi connectivity index (χ1v) is 9.62. The number of rotatable bonds is 2. The van der Waals surface area contributed by atoms with Gasteiger partial charge in [-0.1, -0.05) is 49.4 Å². The summed E-state index contributed by atoms with van der Waals surface area (Å²) >= 11 is 0. The van der Waals surface area contributed by atoms with Gasteiger partial charge in [0, 0.05) is 12.3 Å². The first kappa shape index (κ1) is 16.4. The molecule has 2 aromatic carbocycles. The van der Waals surface area contributed by atoms with Crippen molar-refractivity contribution in [3.63, 3.8) is 0 Å². The van der Waals surface area contributed by atoms with Crippen LogP contribution in [-0.2, 0) is 20.8 Å². The molecular formula is C23H21NO3. The summed E-state index contributed by atoms with van der Waals surface area (Å²) in [6.07, 6.45) is 1.11. The fraction of sp³-hybridized carbons (Fsp3) is 0.348. The zero-order valence-corrected chi connectivity index (χ0v) is 15.4. The molecule has 6 rings (SSSR count). The molecule has 4 aliphatic rings. The molecule has 136 valence electrons. The van der Waals surface area contributed by atoms with Gasteiger partial charge in [0.25, 0.3) is 0 Å². The highest BCUT2D eigenvalue weighted by molar-refractivity contribution is 6.25. The molecule has 3 aliphatic carbocycles. The lowest BCUT2D eigenvalue weighted by atomic mass is 9.56. The van der Waals surface area contributed by atoms with Gasteiger partial charge in [0.2, 0.25) is 11.8 Å². The lowest BCUT2D eigenvalue weighted by Crippen LogP contribution is -2.44. The summed E-state index contributed by atoms with van der Waals surface area (Å²) < 4.78 is 0. The van der Waals surface area contributed by atoms with Crippen LogP contribution in [0.2, 0.25) is 0 Å². The van der Waals surface area contributed by atoms with Gasteiger partial charge in [-0.25, -0.2) is 4.90 Å². The van der Waals surface area contributed by atoms with Gasteiger partial charge in [-0.15, -0.1) is 0 Å². The first-order valence-electron chi connectivity index (χ1n) is 9.62. The Bertz CT molecular complexity index is 1010. The smallest absolute Gasteiger partial charge is 0.238 e. The van der Waals surface area contributed by atoms with E-state index in [1.54, 1.807) is 0 Å². The van der Waals surface area contributed by atoms with Crippen LogP contribution in [-0.4, -0.2) is 17.6 Å². The number of para-hydroxylation sites is 1. The van der Waals surface area contributed by atoms with E-state index in [1.807, 2.05) is 56.3 Å². The van der Waals surface area contributed by atoms with E-state index in [0.29, 0.717) is 6.42 Å². The zero-order chi connectivity index (χ0) is 18.9. The summed E-state index contributed by atoms with van der Waals surface area (Å²) in [4.78, 5) is 41.1. The fourth-order valence-electron chi connectivity index (χ4n) is 5.50. The lowest BCUT2D eigenvalue weighted by Gasteiger charge is -2.43. The molecule has 1 saturated heterocycles. The van der Waals surface area contributed by atoms with Crippen molar-refractivity contribution in [1.82, 2.24) is 0 Å². The van der Waals surface area contributed by atoms with Gasteiger partial charge in [0.05, 0.1) is 23.4 Å². The molecule has 4 nitrogen and oxygen atoms in total. The molecule has 2 fully saturated rings. The second-order valence-corrected chi connectivity index (χ2v) is 7.88. The molecule has 0 spiro atoms. The van der Waals surface area contributed by atoms with Crippen LogP contribution in [0.3, 0.4) is 0 Å². The van der Waals surface area contributed by atoms with Crippen molar-refractivity contribution < 1.29 is 14.4 Å². The summed E-state index contributed by atoms with van der Waals surface area (Å²) in [5, 5.41) is 0. The molecule has 4 heteroatoms. The molecule has 27 heavy (non-hydrogen) atoms. The number of benzene rings is 2. The van der Waals surface area contributed by atoms with E-state index < -0.39 is 17.8 Å². The first-order chi connectivity index (χ1) is 13.0. The van der Waals surface area contributed by atoms with Crippen LogP contribution in [0, 0.1) is 18.8 Å². The molecule has 2 aromatic rings. The Balaban J connectivity index is 1.68. The second kappa shape index (κ2) is 5.62. The summed E-state index contributed by atoms with van der Waals surface area (Å²) in [6, 6.07) is 13.7. The normalized spacial score (nSPS) is 28.5. The number of nitrogens with zero attached hydrogens (tertiary/aromatic N) is 1. The van der Waals surface area contributed by atoms with Gasteiger partial charge < -0.3 is 0 Å². The number of ketones is 1. The highest BCUT2D eigenvalue weighted by Gasteiger charge is 2.62. The van der Waals surface area contributed by atoms with E-state index in [9.17, 15) is 14.4 Å². The quantitative estimate of drug-likeness (QED) is 0.771. The number of Topliss-reactive ketones (excluding diaryl/α,β-unsaturated/α-hetero) is 1. The molecule has 1 aliphatic heterocycles. The van der Waals surface area contributed by atoms with E-state index in [0.717, 1.165) is 34.4 Å². The topological polar surface area (TPSA) is 54.5 Å². The molecular weight excluding hydrogens is 338 g/mol. The van der Waals surface area contributed by atoms with Gasteiger partial charge >= 0.3 is 0 Å². The number of carbonyl (C=O) groups excluding carboxylic acids is 3. The average molecular weight is 359 g/mol. The van der Waals surface area contributed by atoms with Gasteiger partial charge in [0.1, 0.15) is 5.78 Å². The van der Waals surface area contributed by atoms with E-state index in [4.69, 9.17) is 0 Å². The van der Waals surface area contributed by atoms with E-state index >= 15 is 0 Å². The van der Waals surface area contributed by atoms with Gasteiger partial charge in [0.15, 0.2) is 0 Å². The molecule has 1 saturated carbocycles. The number of imide groups is 1. The van der Waals surface area contributed by atoms with Crippen LogP contribution >= 0.6 is 0 Å². The Kier molecular flexibility index (Phi) is 3.42. The Morgan fingerprint density at radius 3 is 2.37 bits per heavy atom. The lowest BCUT2D eigenvalue weighted by molar-refractivity contribution is -0.134. The molecule has 0 aromatic heterocycles. The number of anilines is 1. The maximum absolute atomic E-state index is 13.5. The van der Waals surface area contributed by atoms with Crippen LogP contribution < -0.4 is 4.90 Å². The van der Waals surface area contributed by atoms with E-state index in [2.05, 4.69) is 0 Å². The van der Waals surface area contributed by atoms with Crippen molar-refractivity contribution in [2.45, 2.75) is 38.5 Å². The molecule has 2 amide bonds. The summed E-state index contributed by atoms with van der Waals surface area (Å²) in [5.41, 5.74) is 4.66. The molecule has 2 bridgehead atoms. The Morgan fingerprint density at radius 1 is 0.926 bits per heavy atom. The Morgan fingerprint density at radius 2 is 1.63 bits per heavy atom. The maximum Gasteiger partial charge on any atom is 0.238 e. The molecule has 0 radical (unpaired) electrons. The Hall–Kier alpha value is -2.75. The predicted octanol–water partition coefficient (Wildman–Crippen LogP) is 3.52. The zero-order valence-electron chi connectivity index (χ0n) is 15.4. The van der Waals surface area contributed by atoms with Crippen LogP contribution in [0.15, 0.2) is 42.5 Å². The number of aryl methyl sites for hydroxylation is 2. The van der Waals surface area contributed by atoms with Crippen molar-refractivity contribution in [2.24, 2.45) is 11.8 Å². The van der Waals surface area contributed by atoms with Gasteiger partial charge in [-0.05, 0) is 35.6 Å². The minimum absolute atomic E-state index is 0.100. The third-order valence-corrected chi connectivity index (χ3v) is 6.61. The number of carbonyl (C=O) groups is 3. The SMILES string of the molecule is CCc1cccc(C)c1N1C(=O)[C@@H]2[C@@H](C1=O)[C@H]1C(=O)C[C@@H]2c2ccccc21. The van der Waals surface area contributed by atoms with Crippen molar-refractivity contribution >= 4 is 23.3 Å². The van der Waals surface area contributed by atoms with Crippen molar-refractivity contribution in [3.8, 4) is 0 Å². The monoisotopic (exact) mass is 359 g/mol. The van der Waals surface area contributed by atoms with Crippen LogP contribution in [0.1, 0.15) is 47.4 Å². The third kappa shape index (κ3) is 2.01. The van der Waals surface area contributed by atoms with Crippen molar-refractivity contribution in [2.75, 3.05) is 4.90 Å². The minimum atomic E-state index is -0.553. The summed E-state index contributed by atoms with van der Waals surface area (Å²) in [7, 11) is 0. The van der Waals surface area contributed by atoms with Gasteiger partial charge in [-0.3, -0.25) is 14.4 Å². The highest BCUT2D eigenvalue weighted by Crippen LogP contribution is 2.58. The minimum Gasteiger partial charge on any atom is -0.299 e. The van der Waals surface area contributed by atoms with E-state index in [-0.39, 0.29) is 23.5 Å². The maximum atomic E-state index is 13.5.